The average Bonchev–Trinajstić information content (AvgIpc) is 3.95. The summed E-state index contributed by atoms with van der Waals surface area (Å²) in [5.74, 6) is 0. The molecule has 17 rings (SSSR count). The van der Waals surface area contributed by atoms with E-state index in [4.69, 9.17) is 9.97 Å². The number of rotatable bonds is 2. The zero-order valence-corrected chi connectivity index (χ0v) is 37.1. The summed E-state index contributed by atoms with van der Waals surface area (Å²) >= 11 is 0. The van der Waals surface area contributed by atoms with Crippen LogP contribution in [0.4, 0.5) is 0 Å². The molecule has 314 valence electrons. The highest BCUT2D eigenvalue weighted by molar-refractivity contribution is 7.00. The van der Waals surface area contributed by atoms with Gasteiger partial charge in [0.25, 0.3) is 6.71 Å². The van der Waals surface area contributed by atoms with Crippen molar-refractivity contribution in [3.8, 4) is 33.9 Å². The average molecular weight is 871 g/mol. The Morgan fingerprint density at radius 3 is 1.42 bits per heavy atom. The third-order valence-corrected chi connectivity index (χ3v) is 15.9. The number of hydrogen-bond acceptors (Lipinski definition) is 2. The molecule has 2 aliphatic rings. The first-order valence-corrected chi connectivity index (χ1v) is 23.9. The van der Waals surface area contributed by atoms with Gasteiger partial charge < -0.3 is 9.13 Å². The molecule has 0 radical (unpaired) electrons. The van der Waals surface area contributed by atoms with E-state index in [9.17, 15) is 0 Å². The molecule has 5 heteroatoms. The maximum Gasteiger partial charge on any atom is 0.252 e. The second-order valence-electron chi connectivity index (χ2n) is 19.1. The van der Waals surface area contributed by atoms with Crippen molar-refractivity contribution in [1.82, 2.24) is 19.1 Å². The van der Waals surface area contributed by atoms with E-state index in [1.165, 1.54) is 136 Å². The van der Waals surface area contributed by atoms with Gasteiger partial charge in [0.15, 0.2) is 0 Å². The van der Waals surface area contributed by atoms with Crippen LogP contribution in [-0.4, -0.2) is 25.8 Å². The minimum atomic E-state index is -0.0766. The third-order valence-electron chi connectivity index (χ3n) is 15.9. The van der Waals surface area contributed by atoms with Crippen molar-refractivity contribution in [2.45, 2.75) is 0 Å². The molecule has 69 heavy (non-hydrogen) atoms. The van der Waals surface area contributed by atoms with Gasteiger partial charge in [-0.25, -0.2) is 0 Å². The first kappa shape index (κ1) is 36.1. The largest absolute Gasteiger partial charge is 0.310 e. The van der Waals surface area contributed by atoms with Gasteiger partial charge in [-0.05, 0) is 131 Å². The zero-order chi connectivity index (χ0) is 44.6. The fourth-order valence-electron chi connectivity index (χ4n) is 13.3. The molecule has 0 bridgehead atoms. The molecule has 11 aromatic carbocycles. The van der Waals surface area contributed by atoms with Gasteiger partial charge in [-0.1, -0.05) is 140 Å². The minimum Gasteiger partial charge on any atom is -0.310 e. The van der Waals surface area contributed by atoms with Crippen molar-refractivity contribution in [1.29, 1.82) is 0 Å². The number of pyridine rings is 2. The lowest BCUT2D eigenvalue weighted by atomic mass is 9.34. The van der Waals surface area contributed by atoms with Crippen molar-refractivity contribution in [3.63, 3.8) is 0 Å². The maximum atomic E-state index is 5.04. The van der Waals surface area contributed by atoms with Crippen molar-refractivity contribution in [3.05, 3.63) is 213 Å². The molecule has 0 unspecified atom stereocenters. The van der Waals surface area contributed by atoms with E-state index >= 15 is 0 Å². The van der Waals surface area contributed by atoms with Gasteiger partial charge in [0, 0.05) is 72.7 Å². The Kier molecular flexibility index (Phi) is 6.74. The Balaban J connectivity index is 1.11. The molecule has 0 aliphatic carbocycles. The molecule has 0 spiro atoms. The number of aromatic nitrogens is 4. The number of hydrogen-bond donors (Lipinski definition) is 0. The normalized spacial score (nSPS) is 12.9. The van der Waals surface area contributed by atoms with Gasteiger partial charge in [-0.2, -0.15) is 0 Å². The predicted octanol–water partition coefficient (Wildman–Crippen LogP) is 14.1. The van der Waals surface area contributed by atoms with E-state index in [-0.39, 0.29) is 6.71 Å². The summed E-state index contributed by atoms with van der Waals surface area (Å²) in [6, 6.07) is 74.8. The molecule has 2 aliphatic heterocycles. The van der Waals surface area contributed by atoms with Crippen LogP contribution in [0.15, 0.2) is 213 Å². The molecule has 0 amide bonds. The second-order valence-corrected chi connectivity index (χ2v) is 19.1. The highest BCUT2D eigenvalue weighted by Crippen LogP contribution is 2.48. The Labute approximate surface area is 395 Å². The van der Waals surface area contributed by atoms with Gasteiger partial charge in [0.2, 0.25) is 0 Å². The SMILES string of the molecule is c1ccc(-c2ccc3c(c2)c2c4c5ccccc5c5ccccc5c4cc4c2n3-c2cccc3c2B4c2cc(-c4ccccn4)cc4c5c6c7ccccc7c7ccccc7c6ccc5n-3c24)nc1. The quantitative estimate of drug-likeness (QED) is 0.128. The highest BCUT2D eigenvalue weighted by atomic mass is 15.0. The van der Waals surface area contributed by atoms with Crippen molar-refractivity contribution in [2.24, 2.45) is 0 Å². The van der Waals surface area contributed by atoms with Gasteiger partial charge in [0.1, 0.15) is 0 Å². The smallest absolute Gasteiger partial charge is 0.252 e. The first-order valence-electron chi connectivity index (χ1n) is 23.9. The van der Waals surface area contributed by atoms with Crippen LogP contribution in [-0.2, 0) is 0 Å². The topological polar surface area (TPSA) is 35.6 Å². The molecule has 0 atom stereocenters. The Hall–Kier alpha value is -9.06. The van der Waals surface area contributed by atoms with Crippen LogP contribution in [0.25, 0.3) is 142 Å². The van der Waals surface area contributed by atoms with Crippen LogP contribution in [0.1, 0.15) is 0 Å². The Morgan fingerprint density at radius 2 is 0.797 bits per heavy atom. The lowest BCUT2D eigenvalue weighted by Crippen LogP contribution is -2.59. The maximum absolute atomic E-state index is 5.04. The van der Waals surface area contributed by atoms with E-state index in [2.05, 4.69) is 197 Å². The summed E-state index contributed by atoms with van der Waals surface area (Å²) in [5, 5.41) is 20.4. The lowest BCUT2D eigenvalue weighted by Gasteiger charge is -2.34. The van der Waals surface area contributed by atoms with Crippen molar-refractivity contribution in [2.75, 3.05) is 0 Å². The predicted molar refractivity (Wildman–Crippen MR) is 291 cm³/mol. The second kappa shape index (κ2) is 12.9. The van der Waals surface area contributed by atoms with E-state index in [0.717, 1.165) is 22.5 Å². The van der Waals surface area contributed by atoms with E-state index < -0.39 is 0 Å². The molecule has 4 nitrogen and oxygen atoms in total. The van der Waals surface area contributed by atoms with Gasteiger partial charge in [-0.15, -0.1) is 0 Å². The Morgan fingerprint density at radius 1 is 0.304 bits per heavy atom. The fraction of sp³-hybridized carbons (Fsp3) is 0. The van der Waals surface area contributed by atoms with Crippen LogP contribution in [0.5, 0.6) is 0 Å². The molecular weight excluding hydrogens is 836 g/mol. The number of benzene rings is 11. The molecule has 0 saturated carbocycles. The molecule has 15 aromatic rings. The molecular formula is C64H35BN4. The van der Waals surface area contributed by atoms with Gasteiger partial charge in [-0.3, -0.25) is 9.97 Å². The van der Waals surface area contributed by atoms with Crippen LogP contribution < -0.4 is 16.4 Å². The van der Waals surface area contributed by atoms with E-state index in [0.29, 0.717) is 0 Å². The summed E-state index contributed by atoms with van der Waals surface area (Å²) in [6.45, 7) is -0.0766. The van der Waals surface area contributed by atoms with E-state index in [1.54, 1.807) is 0 Å². The Bertz CT molecular complexity index is 4800. The summed E-state index contributed by atoms with van der Waals surface area (Å²) in [6.07, 6.45) is 3.83. The van der Waals surface area contributed by atoms with Crippen LogP contribution >= 0.6 is 0 Å². The van der Waals surface area contributed by atoms with Gasteiger partial charge in [0.05, 0.1) is 27.9 Å². The lowest BCUT2D eigenvalue weighted by molar-refractivity contribution is 1.14. The highest BCUT2D eigenvalue weighted by Gasteiger charge is 2.42. The number of fused-ring (bicyclic) bond motifs is 24. The molecule has 6 heterocycles. The monoisotopic (exact) mass is 870 g/mol. The van der Waals surface area contributed by atoms with E-state index in [1.807, 2.05) is 24.5 Å². The minimum absolute atomic E-state index is 0.0766. The summed E-state index contributed by atoms with van der Waals surface area (Å²) in [7, 11) is 0. The fourth-order valence-corrected chi connectivity index (χ4v) is 13.3. The summed E-state index contributed by atoms with van der Waals surface area (Å²) in [5.41, 5.74) is 15.5. The van der Waals surface area contributed by atoms with Crippen LogP contribution in [0.3, 0.4) is 0 Å². The van der Waals surface area contributed by atoms with Crippen LogP contribution in [0, 0.1) is 0 Å². The summed E-state index contributed by atoms with van der Waals surface area (Å²) < 4.78 is 5.21. The van der Waals surface area contributed by atoms with Crippen LogP contribution in [0.2, 0.25) is 0 Å². The van der Waals surface area contributed by atoms with Gasteiger partial charge >= 0.3 is 0 Å². The molecule has 0 fully saturated rings. The number of nitrogens with zero attached hydrogens (tertiary/aromatic N) is 4. The first-order chi connectivity index (χ1) is 34.3. The molecule has 4 aromatic heterocycles. The molecule has 0 N–H and O–H groups in total. The van der Waals surface area contributed by atoms with Crippen molar-refractivity contribution < 1.29 is 0 Å². The zero-order valence-electron chi connectivity index (χ0n) is 37.1. The third kappa shape index (κ3) is 4.46. The standard InChI is InChI=1S/C64H35BN4/c1-3-18-42-38(14-1)40-16-5-7-20-44(40)58-46(42)27-29-55-60(58)49-33-37(53-23-10-12-31-67-53)34-50-63(49)69(55)57-25-13-24-56-62(57)65(50)51-35-47-43-19-4-2-15-39(43)41-17-6-8-21-45(41)59(47)61-48-32-36(52-22-9-11-30-66-52)26-28-54(48)68(56)64(51)61/h1-35H. The molecule has 0 saturated heterocycles. The van der Waals surface area contributed by atoms with Crippen molar-refractivity contribution >= 4 is 131 Å². The summed E-state index contributed by atoms with van der Waals surface area (Å²) in [4.78, 5) is 9.90.